The monoisotopic (exact) mass is 346 g/mol. The van der Waals surface area contributed by atoms with E-state index in [2.05, 4.69) is 28.4 Å². The summed E-state index contributed by atoms with van der Waals surface area (Å²) in [7, 11) is 2.17. The summed E-state index contributed by atoms with van der Waals surface area (Å²) in [6, 6.07) is 8.61. The van der Waals surface area contributed by atoms with Crippen LogP contribution in [-0.2, 0) is 0 Å². The van der Waals surface area contributed by atoms with Crippen molar-refractivity contribution < 1.29 is 4.74 Å². The standard InChI is InChI=1S/C15H18N2OS.2ClH/c1-17-9-3-5-12(17)11-18-13-6-2-8-16-15(13)14-7-4-10-19-14;;/h2,4,6-8,10,12H,3,5,9,11H2,1H3;2*1H/t12-;;/m0../s1. The van der Waals surface area contributed by atoms with E-state index in [0.717, 1.165) is 22.9 Å². The van der Waals surface area contributed by atoms with Gasteiger partial charge in [-0.15, -0.1) is 36.2 Å². The Balaban J connectivity index is 0.00000110. The topological polar surface area (TPSA) is 25.4 Å². The SMILES string of the molecule is CN1CCC[C@H]1COc1cccnc1-c1cccs1.Cl.Cl. The van der Waals surface area contributed by atoms with Gasteiger partial charge in [0.15, 0.2) is 0 Å². The van der Waals surface area contributed by atoms with E-state index in [1.54, 1.807) is 11.3 Å². The van der Waals surface area contributed by atoms with E-state index in [9.17, 15) is 0 Å². The van der Waals surface area contributed by atoms with Crippen LogP contribution in [0, 0.1) is 0 Å². The van der Waals surface area contributed by atoms with Crippen LogP contribution in [0.3, 0.4) is 0 Å². The van der Waals surface area contributed by atoms with E-state index >= 15 is 0 Å². The molecule has 0 saturated carbocycles. The van der Waals surface area contributed by atoms with Gasteiger partial charge in [0.1, 0.15) is 18.1 Å². The first kappa shape index (κ1) is 18.2. The van der Waals surface area contributed by atoms with Crippen LogP contribution in [0.4, 0.5) is 0 Å². The minimum atomic E-state index is 0. The molecular weight excluding hydrogens is 327 g/mol. The van der Waals surface area contributed by atoms with Crippen LogP contribution < -0.4 is 4.74 Å². The van der Waals surface area contributed by atoms with E-state index in [1.165, 1.54) is 19.4 Å². The molecule has 3 rings (SSSR count). The van der Waals surface area contributed by atoms with Gasteiger partial charge >= 0.3 is 0 Å². The molecule has 0 aliphatic carbocycles. The minimum Gasteiger partial charge on any atom is -0.490 e. The maximum atomic E-state index is 6.02. The molecule has 2 aromatic rings. The van der Waals surface area contributed by atoms with Crippen molar-refractivity contribution in [1.82, 2.24) is 9.88 Å². The molecule has 0 spiro atoms. The van der Waals surface area contributed by atoms with Crippen molar-refractivity contribution >= 4 is 36.2 Å². The first-order valence-electron chi connectivity index (χ1n) is 6.66. The Morgan fingerprint density at radius 1 is 1.33 bits per heavy atom. The maximum absolute atomic E-state index is 6.02. The second-order valence-electron chi connectivity index (χ2n) is 4.92. The molecule has 0 bridgehead atoms. The van der Waals surface area contributed by atoms with Crippen LogP contribution >= 0.6 is 36.2 Å². The van der Waals surface area contributed by atoms with E-state index < -0.39 is 0 Å². The fourth-order valence-corrected chi connectivity index (χ4v) is 3.21. The highest BCUT2D eigenvalue weighted by Crippen LogP contribution is 2.31. The summed E-state index contributed by atoms with van der Waals surface area (Å²) in [5.41, 5.74) is 0.957. The molecule has 1 aliphatic rings. The largest absolute Gasteiger partial charge is 0.490 e. The number of hydrogen-bond donors (Lipinski definition) is 0. The van der Waals surface area contributed by atoms with Gasteiger partial charge in [0.05, 0.1) is 4.88 Å². The van der Waals surface area contributed by atoms with Crippen molar-refractivity contribution in [1.29, 1.82) is 0 Å². The van der Waals surface area contributed by atoms with Crippen LogP contribution in [0.2, 0.25) is 0 Å². The van der Waals surface area contributed by atoms with Gasteiger partial charge in [0.25, 0.3) is 0 Å². The zero-order valence-electron chi connectivity index (χ0n) is 11.9. The lowest BCUT2D eigenvalue weighted by Crippen LogP contribution is -2.30. The molecule has 1 atom stereocenters. The minimum absolute atomic E-state index is 0. The van der Waals surface area contributed by atoms with Crippen molar-refractivity contribution in [3.8, 4) is 16.3 Å². The summed E-state index contributed by atoms with van der Waals surface area (Å²) in [4.78, 5) is 8.00. The van der Waals surface area contributed by atoms with Gasteiger partial charge in [-0.05, 0) is 50.0 Å². The average molecular weight is 347 g/mol. The Bertz CT molecular complexity index is 536. The van der Waals surface area contributed by atoms with Gasteiger partial charge in [0, 0.05) is 12.2 Å². The Hall–Kier alpha value is -0.810. The van der Waals surface area contributed by atoms with Crippen LogP contribution in [0.25, 0.3) is 10.6 Å². The molecule has 0 aromatic carbocycles. The summed E-state index contributed by atoms with van der Waals surface area (Å²) < 4.78 is 6.02. The molecule has 1 saturated heterocycles. The highest BCUT2D eigenvalue weighted by Gasteiger charge is 2.21. The number of rotatable bonds is 4. The lowest BCUT2D eigenvalue weighted by atomic mass is 10.2. The molecule has 0 unspecified atom stereocenters. The Morgan fingerprint density at radius 2 is 2.19 bits per heavy atom. The van der Waals surface area contributed by atoms with Crippen molar-refractivity contribution in [2.24, 2.45) is 0 Å². The highest BCUT2D eigenvalue weighted by molar-refractivity contribution is 7.13. The second kappa shape index (κ2) is 8.59. The number of nitrogens with zero attached hydrogens (tertiary/aromatic N) is 2. The zero-order valence-corrected chi connectivity index (χ0v) is 14.3. The van der Waals surface area contributed by atoms with E-state index in [-0.39, 0.29) is 24.8 Å². The summed E-state index contributed by atoms with van der Waals surface area (Å²) >= 11 is 1.70. The lowest BCUT2D eigenvalue weighted by molar-refractivity contribution is 0.198. The van der Waals surface area contributed by atoms with Gasteiger partial charge in [-0.1, -0.05) is 6.07 Å². The third-order valence-electron chi connectivity index (χ3n) is 3.63. The summed E-state index contributed by atoms with van der Waals surface area (Å²) in [5, 5.41) is 2.07. The van der Waals surface area contributed by atoms with E-state index in [0.29, 0.717) is 6.04 Å². The molecule has 0 amide bonds. The summed E-state index contributed by atoms with van der Waals surface area (Å²) in [6.45, 7) is 1.93. The Labute approximate surface area is 142 Å². The van der Waals surface area contributed by atoms with Gasteiger partial charge in [-0.3, -0.25) is 4.98 Å². The molecule has 3 heterocycles. The van der Waals surface area contributed by atoms with Crippen LogP contribution in [0.1, 0.15) is 12.8 Å². The highest BCUT2D eigenvalue weighted by atomic mass is 35.5. The van der Waals surface area contributed by atoms with Gasteiger partial charge in [0.2, 0.25) is 0 Å². The third kappa shape index (κ3) is 4.33. The predicted octanol–water partition coefficient (Wildman–Crippen LogP) is 4.13. The van der Waals surface area contributed by atoms with Crippen molar-refractivity contribution in [3.63, 3.8) is 0 Å². The molecule has 6 heteroatoms. The maximum Gasteiger partial charge on any atom is 0.146 e. The first-order chi connectivity index (χ1) is 9.34. The number of ether oxygens (including phenoxy) is 1. The van der Waals surface area contributed by atoms with Crippen LogP contribution in [-0.4, -0.2) is 36.1 Å². The number of aromatic nitrogens is 1. The van der Waals surface area contributed by atoms with Crippen LogP contribution in [0.15, 0.2) is 35.8 Å². The third-order valence-corrected chi connectivity index (χ3v) is 4.50. The quantitative estimate of drug-likeness (QED) is 0.832. The average Bonchev–Trinajstić information content (AvgIpc) is 3.08. The zero-order chi connectivity index (χ0) is 13.1. The van der Waals surface area contributed by atoms with E-state index in [4.69, 9.17) is 4.74 Å². The predicted molar refractivity (Wildman–Crippen MR) is 93.2 cm³/mol. The lowest BCUT2D eigenvalue weighted by Gasteiger charge is -2.20. The summed E-state index contributed by atoms with van der Waals surface area (Å²) in [6.07, 6.45) is 4.32. The number of likely N-dealkylation sites (tertiary alicyclic amines) is 1. The Morgan fingerprint density at radius 3 is 2.86 bits per heavy atom. The molecule has 3 nitrogen and oxygen atoms in total. The number of hydrogen-bond acceptors (Lipinski definition) is 4. The van der Waals surface area contributed by atoms with Crippen LogP contribution in [0.5, 0.6) is 5.75 Å². The molecular formula is C15H20Cl2N2OS. The first-order valence-corrected chi connectivity index (χ1v) is 7.54. The number of thiophene rings is 1. The van der Waals surface area contributed by atoms with Gasteiger partial charge in [-0.25, -0.2) is 0 Å². The van der Waals surface area contributed by atoms with E-state index in [1.807, 2.05) is 24.4 Å². The van der Waals surface area contributed by atoms with Crippen molar-refractivity contribution in [2.75, 3.05) is 20.2 Å². The second-order valence-corrected chi connectivity index (χ2v) is 5.86. The van der Waals surface area contributed by atoms with Gasteiger partial charge in [-0.2, -0.15) is 0 Å². The molecule has 116 valence electrons. The normalized spacial score (nSPS) is 17.9. The van der Waals surface area contributed by atoms with Crippen molar-refractivity contribution in [3.05, 3.63) is 35.8 Å². The molecule has 1 aliphatic heterocycles. The summed E-state index contributed by atoms with van der Waals surface area (Å²) in [5.74, 6) is 0.894. The fourth-order valence-electron chi connectivity index (χ4n) is 2.48. The molecule has 2 aromatic heterocycles. The fraction of sp³-hybridized carbons (Fsp3) is 0.400. The molecule has 1 fully saturated rings. The number of pyridine rings is 1. The number of likely N-dealkylation sites (N-methyl/N-ethyl adjacent to an activating group) is 1. The number of halogens is 2. The van der Waals surface area contributed by atoms with Gasteiger partial charge < -0.3 is 9.64 Å². The Kier molecular flexibility index (Phi) is 7.46. The molecule has 0 N–H and O–H groups in total. The smallest absolute Gasteiger partial charge is 0.146 e. The molecule has 21 heavy (non-hydrogen) atoms. The van der Waals surface area contributed by atoms with Crippen molar-refractivity contribution in [2.45, 2.75) is 18.9 Å². The molecule has 0 radical (unpaired) electrons.